The molecule has 0 N–H and O–H groups in total. The molecule has 0 bridgehead atoms. The fourth-order valence-electron chi connectivity index (χ4n) is 6.14. The molecule has 2 unspecified atom stereocenters. The fourth-order valence-corrected chi connectivity index (χ4v) is 6.14. The molecular formula is C32H35N3O. The minimum Gasteiger partial charge on any atom is -0.305 e. The standard InChI is InChI=1S/C32H35N3O/c1-24-11-17-28(18-12-24)35(32(36)27-15-13-25(23-33)14-16-27)29-19-21-34(22-20-29)31-10-6-5-9-30(31)26-7-3-2-4-8-26/h2-4,7-8,11-18,29-31H,5-6,9-10,19-22H2,1H3. The van der Waals surface area contributed by atoms with Crippen molar-refractivity contribution in [2.45, 2.75) is 63.5 Å². The molecule has 184 valence electrons. The Morgan fingerprint density at radius 1 is 0.861 bits per heavy atom. The van der Waals surface area contributed by atoms with Gasteiger partial charge in [0.25, 0.3) is 5.91 Å². The third kappa shape index (κ3) is 5.22. The number of benzene rings is 3. The number of likely N-dealkylation sites (tertiary alicyclic amines) is 1. The Hall–Kier alpha value is -3.42. The molecule has 4 heteroatoms. The topological polar surface area (TPSA) is 47.3 Å². The van der Waals surface area contributed by atoms with Gasteiger partial charge in [-0.3, -0.25) is 9.69 Å². The molecule has 4 nitrogen and oxygen atoms in total. The van der Waals surface area contributed by atoms with Crippen molar-refractivity contribution >= 4 is 11.6 Å². The van der Waals surface area contributed by atoms with Crippen molar-refractivity contribution in [2.24, 2.45) is 0 Å². The molecule has 1 aliphatic carbocycles. The molecule has 1 heterocycles. The van der Waals surface area contributed by atoms with Crippen molar-refractivity contribution in [3.63, 3.8) is 0 Å². The third-order valence-electron chi connectivity index (χ3n) is 8.08. The zero-order valence-electron chi connectivity index (χ0n) is 21.1. The van der Waals surface area contributed by atoms with E-state index in [2.05, 4.69) is 72.5 Å². The molecule has 0 radical (unpaired) electrons. The lowest BCUT2D eigenvalue weighted by atomic mass is 9.78. The Morgan fingerprint density at radius 2 is 1.53 bits per heavy atom. The number of hydrogen-bond donors (Lipinski definition) is 0. The summed E-state index contributed by atoms with van der Waals surface area (Å²) in [6.45, 7) is 4.10. The first-order chi connectivity index (χ1) is 17.6. The summed E-state index contributed by atoms with van der Waals surface area (Å²) in [4.78, 5) is 18.5. The Labute approximate surface area is 215 Å². The minimum absolute atomic E-state index is 0.0154. The van der Waals surface area contributed by atoms with Crippen LogP contribution < -0.4 is 4.90 Å². The van der Waals surface area contributed by atoms with Gasteiger partial charge in [0.1, 0.15) is 0 Å². The molecule has 0 aromatic heterocycles. The molecule has 1 aliphatic heterocycles. The number of piperidine rings is 1. The number of amides is 1. The van der Waals surface area contributed by atoms with Gasteiger partial charge in [0.2, 0.25) is 0 Å². The molecule has 3 aromatic rings. The number of nitriles is 1. The van der Waals surface area contributed by atoms with Crippen LogP contribution in [0.5, 0.6) is 0 Å². The predicted molar refractivity (Wildman–Crippen MR) is 145 cm³/mol. The van der Waals surface area contributed by atoms with Crippen LogP contribution in [0.1, 0.15) is 71.5 Å². The lowest BCUT2D eigenvalue weighted by Crippen LogP contribution is -2.51. The number of carbonyl (C=O) groups is 1. The van der Waals surface area contributed by atoms with E-state index in [4.69, 9.17) is 5.26 Å². The van der Waals surface area contributed by atoms with Gasteiger partial charge in [-0.05, 0) is 80.5 Å². The van der Waals surface area contributed by atoms with Gasteiger partial charge in [-0.15, -0.1) is 0 Å². The second-order valence-electron chi connectivity index (χ2n) is 10.3. The van der Waals surface area contributed by atoms with Crippen molar-refractivity contribution in [1.29, 1.82) is 5.26 Å². The van der Waals surface area contributed by atoms with Gasteiger partial charge < -0.3 is 4.90 Å². The number of anilines is 1. The van der Waals surface area contributed by atoms with Crippen molar-refractivity contribution in [2.75, 3.05) is 18.0 Å². The van der Waals surface area contributed by atoms with Crippen LogP contribution in [0.15, 0.2) is 78.9 Å². The smallest absolute Gasteiger partial charge is 0.258 e. The van der Waals surface area contributed by atoms with Gasteiger partial charge in [0.15, 0.2) is 0 Å². The Kier molecular flexibility index (Phi) is 7.49. The van der Waals surface area contributed by atoms with Crippen LogP contribution in [-0.4, -0.2) is 36.0 Å². The van der Waals surface area contributed by atoms with Gasteiger partial charge in [-0.25, -0.2) is 0 Å². The van der Waals surface area contributed by atoms with E-state index in [1.807, 2.05) is 4.90 Å². The molecule has 1 amide bonds. The minimum atomic E-state index is 0.0154. The van der Waals surface area contributed by atoms with E-state index in [1.165, 1.54) is 36.8 Å². The lowest BCUT2D eigenvalue weighted by molar-refractivity contribution is 0.0895. The molecule has 3 aromatic carbocycles. The molecule has 5 rings (SSSR count). The molecule has 0 spiro atoms. The first-order valence-electron chi connectivity index (χ1n) is 13.3. The summed E-state index contributed by atoms with van der Waals surface area (Å²) in [7, 11) is 0. The average Bonchev–Trinajstić information content (AvgIpc) is 2.95. The quantitative estimate of drug-likeness (QED) is 0.411. The molecule has 2 fully saturated rings. The van der Waals surface area contributed by atoms with E-state index in [9.17, 15) is 4.79 Å². The highest BCUT2D eigenvalue weighted by molar-refractivity contribution is 6.06. The van der Waals surface area contributed by atoms with E-state index >= 15 is 0 Å². The van der Waals surface area contributed by atoms with Crippen molar-refractivity contribution in [3.05, 3.63) is 101 Å². The third-order valence-corrected chi connectivity index (χ3v) is 8.08. The van der Waals surface area contributed by atoms with Crippen LogP contribution in [-0.2, 0) is 0 Å². The molecular weight excluding hydrogens is 442 g/mol. The second kappa shape index (κ2) is 11.1. The van der Waals surface area contributed by atoms with Crippen LogP contribution in [0, 0.1) is 18.3 Å². The van der Waals surface area contributed by atoms with Crippen LogP contribution >= 0.6 is 0 Å². The molecule has 36 heavy (non-hydrogen) atoms. The van der Waals surface area contributed by atoms with E-state index in [1.54, 1.807) is 24.3 Å². The van der Waals surface area contributed by atoms with Gasteiger partial charge in [-0.2, -0.15) is 5.26 Å². The normalized spacial score (nSPS) is 21.0. The van der Waals surface area contributed by atoms with E-state index < -0.39 is 0 Å². The van der Waals surface area contributed by atoms with Gasteiger partial charge in [0.05, 0.1) is 11.6 Å². The van der Waals surface area contributed by atoms with Gasteiger partial charge in [0, 0.05) is 36.4 Å². The first-order valence-corrected chi connectivity index (χ1v) is 13.3. The summed E-state index contributed by atoms with van der Waals surface area (Å²) >= 11 is 0. The summed E-state index contributed by atoms with van der Waals surface area (Å²) in [6, 6.07) is 29.2. The maximum absolute atomic E-state index is 13.8. The highest BCUT2D eigenvalue weighted by Gasteiger charge is 2.36. The first kappa shape index (κ1) is 24.3. The van der Waals surface area contributed by atoms with Crippen molar-refractivity contribution in [3.8, 4) is 6.07 Å². The number of aryl methyl sites for hydroxylation is 1. The number of carbonyl (C=O) groups excluding carboxylic acids is 1. The monoisotopic (exact) mass is 477 g/mol. The Bertz CT molecular complexity index is 1190. The zero-order valence-corrected chi connectivity index (χ0v) is 21.1. The second-order valence-corrected chi connectivity index (χ2v) is 10.3. The van der Waals surface area contributed by atoms with Gasteiger partial charge >= 0.3 is 0 Å². The van der Waals surface area contributed by atoms with Crippen molar-refractivity contribution < 1.29 is 4.79 Å². The summed E-state index contributed by atoms with van der Waals surface area (Å²) in [5, 5.41) is 9.16. The van der Waals surface area contributed by atoms with Gasteiger partial charge in [-0.1, -0.05) is 60.9 Å². The number of nitrogens with zero attached hydrogens (tertiary/aromatic N) is 3. The maximum Gasteiger partial charge on any atom is 0.258 e. The summed E-state index contributed by atoms with van der Waals surface area (Å²) in [6.07, 6.45) is 7.08. The van der Waals surface area contributed by atoms with Crippen molar-refractivity contribution in [1.82, 2.24) is 4.90 Å². The molecule has 2 aliphatic rings. The van der Waals surface area contributed by atoms with Crippen LogP contribution in [0.4, 0.5) is 5.69 Å². The number of rotatable bonds is 5. The van der Waals surface area contributed by atoms with Crippen LogP contribution in [0.3, 0.4) is 0 Å². The summed E-state index contributed by atoms with van der Waals surface area (Å²) in [5.74, 6) is 0.617. The fraction of sp³-hybridized carbons (Fsp3) is 0.375. The lowest BCUT2D eigenvalue weighted by Gasteiger charge is -2.45. The summed E-state index contributed by atoms with van der Waals surface area (Å²) < 4.78 is 0. The highest BCUT2D eigenvalue weighted by atomic mass is 16.2. The van der Waals surface area contributed by atoms with E-state index in [0.717, 1.165) is 31.6 Å². The largest absolute Gasteiger partial charge is 0.305 e. The Balaban J connectivity index is 1.35. The molecule has 2 atom stereocenters. The van der Waals surface area contributed by atoms with E-state index in [0.29, 0.717) is 23.1 Å². The average molecular weight is 478 g/mol. The molecule has 1 saturated heterocycles. The zero-order chi connectivity index (χ0) is 24.9. The SMILES string of the molecule is Cc1ccc(N(C(=O)c2ccc(C#N)cc2)C2CCN(C3CCCCC3c3ccccc3)CC2)cc1. The summed E-state index contributed by atoms with van der Waals surface area (Å²) in [5.41, 5.74) is 4.81. The maximum atomic E-state index is 13.8. The predicted octanol–water partition coefficient (Wildman–Crippen LogP) is 6.70. The Morgan fingerprint density at radius 3 is 2.19 bits per heavy atom. The highest BCUT2D eigenvalue weighted by Crippen LogP contribution is 2.38. The molecule has 1 saturated carbocycles. The van der Waals surface area contributed by atoms with Crippen LogP contribution in [0.2, 0.25) is 0 Å². The number of hydrogen-bond acceptors (Lipinski definition) is 3. The van der Waals surface area contributed by atoms with E-state index in [-0.39, 0.29) is 11.9 Å². The van der Waals surface area contributed by atoms with Crippen LogP contribution in [0.25, 0.3) is 0 Å².